The van der Waals surface area contributed by atoms with Crippen LogP contribution in [0.25, 0.3) is 0 Å². The Morgan fingerprint density at radius 1 is 1.37 bits per heavy atom. The molecule has 1 aromatic rings. The Hall–Kier alpha value is -1.35. The molecule has 1 amide bonds. The Labute approximate surface area is 115 Å². The molecule has 1 fully saturated rings. The van der Waals surface area contributed by atoms with Gasteiger partial charge in [-0.15, -0.1) is 0 Å². The van der Waals surface area contributed by atoms with Crippen LogP contribution < -0.4 is 5.73 Å². The van der Waals surface area contributed by atoms with Crippen LogP contribution in [0.5, 0.6) is 0 Å². The third kappa shape index (κ3) is 3.80. The van der Waals surface area contributed by atoms with Crippen LogP contribution in [-0.2, 0) is 4.79 Å². The van der Waals surface area contributed by atoms with E-state index in [0.29, 0.717) is 18.3 Å². The van der Waals surface area contributed by atoms with Crippen molar-refractivity contribution in [3.63, 3.8) is 0 Å². The summed E-state index contributed by atoms with van der Waals surface area (Å²) in [5, 5.41) is 0. The van der Waals surface area contributed by atoms with Crippen LogP contribution in [0.15, 0.2) is 30.3 Å². The van der Waals surface area contributed by atoms with Crippen LogP contribution in [0.1, 0.15) is 37.7 Å². The lowest BCUT2D eigenvalue weighted by Gasteiger charge is -2.38. The number of amides is 1. The molecule has 0 aromatic heterocycles. The van der Waals surface area contributed by atoms with E-state index in [1.165, 1.54) is 18.4 Å². The molecule has 1 heterocycles. The molecule has 0 aliphatic carbocycles. The molecule has 2 N–H and O–H groups in total. The first-order valence-corrected chi connectivity index (χ1v) is 7.26. The van der Waals surface area contributed by atoms with E-state index < -0.39 is 0 Å². The largest absolute Gasteiger partial charge is 0.370 e. The van der Waals surface area contributed by atoms with Gasteiger partial charge in [0.25, 0.3) is 0 Å². The molecule has 0 bridgehead atoms. The number of hydrogen-bond acceptors (Lipinski definition) is 2. The Kier molecular flexibility index (Phi) is 4.97. The highest BCUT2D eigenvalue weighted by Gasteiger charge is 2.28. The number of primary amides is 1. The van der Waals surface area contributed by atoms with Gasteiger partial charge in [-0.3, -0.25) is 4.79 Å². The van der Waals surface area contributed by atoms with Gasteiger partial charge in [0, 0.05) is 19.5 Å². The molecule has 0 radical (unpaired) electrons. The zero-order valence-electron chi connectivity index (χ0n) is 11.7. The van der Waals surface area contributed by atoms with Crippen LogP contribution in [0.4, 0.5) is 0 Å². The second-order valence-electron chi connectivity index (χ2n) is 5.49. The molecule has 1 aromatic carbocycles. The molecule has 104 valence electrons. The Bertz CT molecular complexity index is 404. The maximum atomic E-state index is 10.9. The van der Waals surface area contributed by atoms with Gasteiger partial charge >= 0.3 is 0 Å². The molecule has 1 saturated heterocycles. The molecule has 1 aliphatic heterocycles. The third-order valence-corrected chi connectivity index (χ3v) is 4.24. The SMILES string of the molecule is CC[C@@H]1CN(CCC(N)=O)CC[C@@H]1c1ccccc1. The molecule has 2 rings (SSSR count). The second-order valence-corrected chi connectivity index (χ2v) is 5.49. The number of hydrogen-bond donors (Lipinski definition) is 1. The topological polar surface area (TPSA) is 46.3 Å². The molecule has 0 spiro atoms. The Balaban J connectivity index is 1.97. The zero-order chi connectivity index (χ0) is 13.7. The molecule has 2 atom stereocenters. The molecule has 0 unspecified atom stereocenters. The molecule has 1 aliphatic rings. The van der Waals surface area contributed by atoms with Gasteiger partial charge in [-0.2, -0.15) is 0 Å². The van der Waals surface area contributed by atoms with E-state index >= 15 is 0 Å². The minimum atomic E-state index is -0.196. The highest BCUT2D eigenvalue weighted by Crippen LogP contribution is 2.34. The van der Waals surface area contributed by atoms with Crippen molar-refractivity contribution < 1.29 is 4.79 Å². The molecular formula is C16H24N2O. The van der Waals surface area contributed by atoms with E-state index in [0.717, 1.165) is 19.6 Å². The van der Waals surface area contributed by atoms with Gasteiger partial charge in [0.2, 0.25) is 5.91 Å². The predicted molar refractivity (Wildman–Crippen MR) is 77.8 cm³/mol. The van der Waals surface area contributed by atoms with Crippen LogP contribution in [-0.4, -0.2) is 30.4 Å². The number of carbonyl (C=O) groups excluding carboxylic acids is 1. The van der Waals surface area contributed by atoms with Crippen molar-refractivity contribution in [3.8, 4) is 0 Å². The van der Waals surface area contributed by atoms with Gasteiger partial charge in [-0.1, -0.05) is 43.7 Å². The molecule has 0 saturated carbocycles. The van der Waals surface area contributed by atoms with E-state index in [9.17, 15) is 4.79 Å². The molecule has 3 nitrogen and oxygen atoms in total. The quantitative estimate of drug-likeness (QED) is 0.883. The van der Waals surface area contributed by atoms with E-state index in [-0.39, 0.29) is 5.91 Å². The summed E-state index contributed by atoms with van der Waals surface area (Å²) in [6.45, 7) is 5.23. The maximum absolute atomic E-state index is 10.9. The number of benzene rings is 1. The lowest BCUT2D eigenvalue weighted by Crippen LogP contribution is -2.40. The molecule has 3 heteroatoms. The van der Waals surface area contributed by atoms with Crippen LogP contribution in [0.2, 0.25) is 0 Å². The van der Waals surface area contributed by atoms with Gasteiger partial charge in [0.15, 0.2) is 0 Å². The van der Waals surface area contributed by atoms with E-state index in [1.54, 1.807) is 0 Å². The van der Waals surface area contributed by atoms with Crippen LogP contribution in [0.3, 0.4) is 0 Å². The van der Waals surface area contributed by atoms with Gasteiger partial charge in [0.05, 0.1) is 0 Å². The van der Waals surface area contributed by atoms with Crippen molar-refractivity contribution >= 4 is 5.91 Å². The van der Waals surface area contributed by atoms with Crippen LogP contribution >= 0.6 is 0 Å². The third-order valence-electron chi connectivity index (χ3n) is 4.24. The first kappa shape index (κ1) is 14.1. The van der Waals surface area contributed by atoms with Crippen molar-refractivity contribution in [1.82, 2.24) is 4.90 Å². The normalized spacial score (nSPS) is 24.3. The van der Waals surface area contributed by atoms with Crippen molar-refractivity contribution in [3.05, 3.63) is 35.9 Å². The summed E-state index contributed by atoms with van der Waals surface area (Å²) < 4.78 is 0. The van der Waals surface area contributed by atoms with Crippen molar-refractivity contribution in [2.75, 3.05) is 19.6 Å². The lowest BCUT2D eigenvalue weighted by atomic mass is 9.79. The van der Waals surface area contributed by atoms with E-state index in [2.05, 4.69) is 42.2 Å². The smallest absolute Gasteiger partial charge is 0.218 e. The number of rotatable bonds is 5. The number of likely N-dealkylation sites (tertiary alicyclic amines) is 1. The predicted octanol–water partition coefficient (Wildman–Crippen LogP) is 2.38. The standard InChI is InChI=1S/C16H24N2O/c1-2-13-12-18(11-9-16(17)19)10-8-15(13)14-6-4-3-5-7-14/h3-7,13,15H,2,8-12H2,1H3,(H2,17,19)/t13-,15+/m1/s1. The van der Waals surface area contributed by atoms with E-state index in [1.807, 2.05) is 0 Å². The summed E-state index contributed by atoms with van der Waals surface area (Å²) in [4.78, 5) is 13.3. The van der Waals surface area contributed by atoms with Crippen LogP contribution in [0, 0.1) is 5.92 Å². The fraction of sp³-hybridized carbons (Fsp3) is 0.562. The fourth-order valence-corrected chi connectivity index (χ4v) is 3.13. The maximum Gasteiger partial charge on any atom is 0.218 e. The van der Waals surface area contributed by atoms with Crippen molar-refractivity contribution in [1.29, 1.82) is 0 Å². The zero-order valence-corrected chi connectivity index (χ0v) is 11.7. The first-order valence-electron chi connectivity index (χ1n) is 7.26. The van der Waals surface area contributed by atoms with Gasteiger partial charge in [0.1, 0.15) is 0 Å². The van der Waals surface area contributed by atoms with Gasteiger partial charge in [-0.25, -0.2) is 0 Å². The number of nitrogens with two attached hydrogens (primary N) is 1. The summed E-state index contributed by atoms with van der Waals surface area (Å²) >= 11 is 0. The molecular weight excluding hydrogens is 236 g/mol. The fourth-order valence-electron chi connectivity index (χ4n) is 3.13. The van der Waals surface area contributed by atoms with Gasteiger partial charge in [-0.05, 0) is 30.4 Å². The summed E-state index contributed by atoms with van der Waals surface area (Å²) in [6, 6.07) is 10.8. The highest BCUT2D eigenvalue weighted by atomic mass is 16.1. The minimum Gasteiger partial charge on any atom is -0.370 e. The minimum absolute atomic E-state index is 0.196. The van der Waals surface area contributed by atoms with E-state index in [4.69, 9.17) is 5.73 Å². The number of carbonyl (C=O) groups is 1. The summed E-state index contributed by atoms with van der Waals surface area (Å²) in [6.07, 6.45) is 2.85. The monoisotopic (exact) mass is 260 g/mol. The second kappa shape index (κ2) is 6.71. The highest BCUT2D eigenvalue weighted by molar-refractivity contribution is 5.73. The van der Waals surface area contributed by atoms with Gasteiger partial charge < -0.3 is 10.6 Å². The summed E-state index contributed by atoms with van der Waals surface area (Å²) in [5.74, 6) is 1.15. The Morgan fingerprint density at radius 2 is 2.11 bits per heavy atom. The average molecular weight is 260 g/mol. The van der Waals surface area contributed by atoms with Crippen molar-refractivity contribution in [2.24, 2.45) is 11.7 Å². The lowest BCUT2D eigenvalue weighted by molar-refractivity contribution is -0.118. The molecule has 19 heavy (non-hydrogen) atoms. The average Bonchev–Trinajstić information content (AvgIpc) is 2.45. The summed E-state index contributed by atoms with van der Waals surface area (Å²) in [7, 11) is 0. The number of piperidine rings is 1. The summed E-state index contributed by atoms with van der Waals surface area (Å²) in [5.41, 5.74) is 6.69. The number of nitrogens with zero attached hydrogens (tertiary/aromatic N) is 1. The first-order chi connectivity index (χ1) is 9.20. The van der Waals surface area contributed by atoms with Crippen molar-refractivity contribution in [2.45, 2.75) is 32.1 Å². The Morgan fingerprint density at radius 3 is 2.74 bits per heavy atom.